The Hall–Kier alpha value is -3.31. The number of hydrogen-bond donors (Lipinski definition) is 2. The number of anilines is 1. The van der Waals surface area contributed by atoms with Crippen LogP contribution in [0.5, 0.6) is 0 Å². The first kappa shape index (κ1) is 25.9. The maximum atomic E-state index is 14.2. The zero-order valence-electron chi connectivity index (χ0n) is 17.3. The van der Waals surface area contributed by atoms with E-state index in [1.54, 1.807) is 13.0 Å². The van der Waals surface area contributed by atoms with Gasteiger partial charge < -0.3 is 15.4 Å². The van der Waals surface area contributed by atoms with Gasteiger partial charge in [-0.05, 0) is 43.2 Å². The molecule has 0 unspecified atom stereocenters. The Balaban J connectivity index is 2.23. The Morgan fingerprint density at radius 1 is 0.939 bits per heavy atom. The van der Waals surface area contributed by atoms with Gasteiger partial charge >= 0.3 is 24.1 Å². The molecule has 0 heterocycles. The topological polar surface area (TPSA) is 67.4 Å². The molecule has 2 amide bonds. The third-order valence-corrected chi connectivity index (χ3v) is 4.56. The molecule has 0 aromatic heterocycles. The van der Waals surface area contributed by atoms with Crippen molar-refractivity contribution in [3.8, 4) is 0 Å². The van der Waals surface area contributed by atoms with Crippen molar-refractivity contribution in [3.05, 3.63) is 64.7 Å². The number of halogens is 7. The van der Waals surface area contributed by atoms with E-state index in [2.05, 4.69) is 10.6 Å². The van der Waals surface area contributed by atoms with Gasteiger partial charge in [0, 0.05) is 23.4 Å². The average molecular weight is 480 g/mol. The quantitative estimate of drug-likeness (QED) is 0.515. The fraction of sp³-hybridized carbons (Fsp3) is 0.333. The number of hydrogen-bond acceptors (Lipinski definition) is 3. The summed E-state index contributed by atoms with van der Waals surface area (Å²) in [6.07, 6.45) is -13.1. The summed E-state index contributed by atoms with van der Waals surface area (Å²) in [7, 11) is 0. The number of alkyl carbamates (subject to hydrolysis) is 1. The average Bonchev–Trinajstić information content (AvgIpc) is 2.72. The van der Waals surface area contributed by atoms with Gasteiger partial charge in [-0.3, -0.25) is 4.79 Å². The summed E-state index contributed by atoms with van der Waals surface area (Å²) in [6.45, 7) is 2.97. The smallest absolute Gasteiger partial charge is 0.435 e. The fourth-order valence-electron chi connectivity index (χ4n) is 2.88. The van der Waals surface area contributed by atoms with Crippen LogP contribution in [-0.2, 0) is 17.0 Å². The first-order chi connectivity index (χ1) is 15.2. The first-order valence-electron chi connectivity index (χ1n) is 9.45. The number of carbonyl (C=O) groups is 2. The molecule has 33 heavy (non-hydrogen) atoms. The van der Waals surface area contributed by atoms with E-state index < -0.39 is 35.6 Å². The van der Waals surface area contributed by atoms with Crippen molar-refractivity contribution in [2.45, 2.75) is 38.4 Å². The zero-order chi connectivity index (χ0) is 25.0. The van der Waals surface area contributed by atoms with Gasteiger partial charge in [-0.15, -0.1) is 0 Å². The summed E-state index contributed by atoms with van der Waals surface area (Å²) in [5.41, 5.74) is -6.90. The van der Waals surface area contributed by atoms with Crippen molar-refractivity contribution in [2.24, 2.45) is 0 Å². The maximum absolute atomic E-state index is 14.2. The van der Waals surface area contributed by atoms with E-state index in [-0.39, 0.29) is 30.0 Å². The second kappa shape index (κ2) is 9.67. The van der Waals surface area contributed by atoms with E-state index in [4.69, 9.17) is 4.74 Å². The molecule has 0 radical (unpaired) electrons. The third kappa shape index (κ3) is 5.74. The molecule has 0 aliphatic carbocycles. The molecule has 2 rings (SSSR count). The predicted molar refractivity (Wildman–Crippen MR) is 104 cm³/mol. The lowest BCUT2D eigenvalue weighted by molar-refractivity contribution is -0.348. The Morgan fingerprint density at radius 3 is 2.12 bits per heavy atom. The minimum Gasteiger partial charge on any atom is -0.450 e. The molecule has 0 saturated heterocycles. The standard InChI is InChI=1S/C21H19F7N2O3/c1-3-33-18(32)29-11-13-5-4-6-14(10-13)17(31)30-16-8-7-15(9-12(16)2)19(22,20(23,24)25)21(26,27)28/h4-10H,3,11H2,1-2H3,(H,29,32)(H,30,31). The van der Waals surface area contributed by atoms with Crippen LogP contribution in [0.25, 0.3) is 0 Å². The minimum atomic E-state index is -6.24. The first-order valence-corrected chi connectivity index (χ1v) is 9.45. The molecular formula is C21H19F7N2O3. The second-order valence-corrected chi connectivity index (χ2v) is 6.91. The van der Waals surface area contributed by atoms with Gasteiger partial charge in [0.1, 0.15) is 0 Å². The minimum absolute atomic E-state index is 0.0428. The van der Waals surface area contributed by atoms with Gasteiger partial charge in [0.25, 0.3) is 5.91 Å². The van der Waals surface area contributed by atoms with Crippen LogP contribution in [-0.4, -0.2) is 31.0 Å². The van der Waals surface area contributed by atoms with Crippen LogP contribution >= 0.6 is 0 Å². The molecule has 0 aliphatic rings. The van der Waals surface area contributed by atoms with Crippen molar-refractivity contribution < 1.29 is 45.1 Å². The number of rotatable bonds is 6. The normalized spacial score (nSPS) is 12.3. The number of alkyl halides is 7. The molecule has 0 spiro atoms. The van der Waals surface area contributed by atoms with Crippen LogP contribution < -0.4 is 10.6 Å². The lowest BCUT2D eigenvalue weighted by Gasteiger charge is -2.30. The van der Waals surface area contributed by atoms with Crippen molar-refractivity contribution in [3.63, 3.8) is 0 Å². The Bertz CT molecular complexity index is 1010. The second-order valence-electron chi connectivity index (χ2n) is 6.91. The highest BCUT2D eigenvalue weighted by molar-refractivity contribution is 6.04. The highest BCUT2D eigenvalue weighted by atomic mass is 19.4. The van der Waals surface area contributed by atoms with Gasteiger partial charge in [-0.1, -0.05) is 24.3 Å². The molecule has 0 fully saturated rings. The molecule has 5 nitrogen and oxygen atoms in total. The summed E-state index contributed by atoms with van der Waals surface area (Å²) in [6, 6.07) is 7.42. The Kier molecular flexibility index (Phi) is 7.60. The highest BCUT2D eigenvalue weighted by Crippen LogP contribution is 2.53. The molecule has 12 heteroatoms. The lowest BCUT2D eigenvalue weighted by atomic mass is 9.92. The molecule has 0 aliphatic heterocycles. The number of benzene rings is 2. The number of nitrogens with one attached hydrogen (secondary N) is 2. The third-order valence-electron chi connectivity index (χ3n) is 4.56. The number of amides is 2. The molecule has 0 saturated carbocycles. The Labute approximate surface area is 183 Å². The van der Waals surface area contributed by atoms with E-state index >= 15 is 0 Å². The van der Waals surface area contributed by atoms with Crippen LogP contribution in [0.2, 0.25) is 0 Å². The molecule has 180 valence electrons. The van der Waals surface area contributed by atoms with Crippen LogP contribution in [0.1, 0.15) is 34.0 Å². The zero-order valence-corrected chi connectivity index (χ0v) is 17.3. The van der Waals surface area contributed by atoms with E-state index in [9.17, 15) is 40.3 Å². The summed E-state index contributed by atoms with van der Waals surface area (Å²) in [4.78, 5) is 23.9. The summed E-state index contributed by atoms with van der Waals surface area (Å²) < 4.78 is 96.6. The summed E-state index contributed by atoms with van der Waals surface area (Å²) >= 11 is 0. The summed E-state index contributed by atoms with van der Waals surface area (Å²) in [5, 5.41) is 4.82. The molecule has 2 aromatic rings. The SMILES string of the molecule is CCOC(=O)NCc1cccc(C(=O)Nc2ccc(C(F)(C(F)(F)F)C(F)(F)F)cc2C)c1. The molecule has 0 bridgehead atoms. The van der Waals surface area contributed by atoms with E-state index in [1.807, 2.05) is 0 Å². The van der Waals surface area contributed by atoms with Crippen LogP contribution in [0.3, 0.4) is 0 Å². The maximum Gasteiger partial charge on any atom is 0.435 e. The van der Waals surface area contributed by atoms with Crippen molar-refractivity contribution in [1.82, 2.24) is 5.32 Å². The Morgan fingerprint density at radius 2 is 1.58 bits per heavy atom. The van der Waals surface area contributed by atoms with Gasteiger partial charge in [0.2, 0.25) is 0 Å². The van der Waals surface area contributed by atoms with Crippen LogP contribution in [0.4, 0.5) is 41.2 Å². The predicted octanol–water partition coefficient (Wildman–Crippen LogP) is 5.78. The van der Waals surface area contributed by atoms with Gasteiger partial charge in [0.15, 0.2) is 0 Å². The number of ether oxygens (including phenoxy) is 1. The molecule has 0 atom stereocenters. The van der Waals surface area contributed by atoms with Crippen molar-refractivity contribution in [2.75, 3.05) is 11.9 Å². The van der Waals surface area contributed by atoms with E-state index in [1.165, 1.54) is 18.2 Å². The number of carbonyl (C=O) groups excluding carboxylic acids is 2. The van der Waals surface area contributed by atoms with Gasteiger partial charge in [-0.25, -0.2) is 9.18 Å². The fourth-order valence-corrected chi connectivity index (χ4v) is 2.88. The summed E-state index contributed by atoms with van der Waals surface area (Å²) in [5.74, 6) is -0.720. The van der Waals surface area contributed by atoms with Crippen LogP contribution in [0, 0.1) is 6.92 Å². The van der Waals surface area contributed by atoms with Crippen molar-refractivity contribution >= 4 is 17.7 Å². The monoisotopic (exact) mass is 480 g/mol. The largest absolute Gasteiger partial charge is 0.450 e. The number of aryl methyl sites for hydroxylation is 1. The van der Waals surface area contributed by atoms with Crippen molar-refractivity contribution in [1.29, 1.82) is 0 Å². The van der Waals surface area contributed by atoms with E-state index in [0.717, 1.165) is 13.0 Å². The molecular weight excluding hydrogens is 461 g/mol. The molecule has 2 aromatic carbocycles. The lowest BCUT2D eigenvalue weighted by Crippen LogP contribution is -2.50. The van der Waals surface area contributed by atoms with Crippen LogP contribution in [0.15, 0.2) is 42.5 Å². The highest BCUT2D eigenvalue weighted by Gasteiger charge is 2.73. The molecule has 2 N–H and O–H groups in total. The van der Waals surface area contributed by atoms with Gasteiger partial charge in [-0.2, -0.15) is 26.3 Å². The van der Waals surface area contributed by atoms with E-state index in [0.29, 0.717) is 17.7 Å². The van der Waals surface area contributed by atoms with Gasteiger partial charge in [0.05, 0.1) is 6.61 Å².